The summed E-state index contributed by atoms with van der Waals surface area (Å²) in [6.45, 7) is 3.07. The highest BCUT2D eigenvalue weighted by atomic mass is 16.3. The molecule has 1 aromatic carbocycles. The maximum Gasteiger partial charge on any atom is 0.322 e. The van der Waals surface area contributed by atoms with Crippen molar-refractivity contribution in [3.05, 3.63) is 60.8 Å². The van der Waals surface area contributed by atoms with Crippen molar-refractivity contribution in [1.29, 1.82) is 0 Å². The minimum absolute atomic E-state index is 0.143. The molecule has 24 heavy (non-hydrogen) atoms. The summed E-state index contributed by atoms with van der Waals surface area (Å²) in [4.78, 5) is 18.6. The molecule has 2 heterocycles. The topological polar surface area (TPSA) is 63.3 Å². The lowest BCUT2D eigenvalue weighted by Gasteiger charge is -2.21. The molecule has 124 valence electrons. The van der Waals surface area contributed by atoms with Gasteiger partial charge in [0.25, 0.3) is 0 Å². The van der Waals surface area contributed by atoms with E-state index in [1.54, 1.807) is 23.6 Å². The Morgan fingerprint density at radius 3 is 2.92 bits per heavy atom. The molecule has 0 fully saturated rings. The van der Waals surface area contributed by atoms with E-state index in [2.05, 4.69) is 10.3 Å². The third-order valence-electron chi connectivity index (χ3n) is 3.82. The van der Waals surface area contributed by atoms with Crippen LogP contribution in [0, 0.1) is 0 Å². The van der Waals surface area contributed by atoms with Crippen molar-refractivity contribution in [2.75, 3.05) is 11.9 Å². The monoisotopic (exact) mass is 324 g/mol. The Morgan fingerprint density at radius 2 is 2.25 bits per heavy atom. The largest absolute Gasteiger partial charge is 0.472 e. The lowest BCUT2D eigenvalue weighted by molar-refractivity contribution is 0.212. The maximum atomic E-state index is 12.5. The molecule has 3 aromatic rings. The second kappa shape index (κ2) is 7.04. The Hall–Kier alpha value is -3.02. The Labute approximate surface area is 140 Å². The van der Waals surface area contributed by atoms with Crippen LogP contribution >= 0.6 is 0 Å². The van der Waals surface area contributed by atoms with E-state index in [0.717, 1.165) is 22.6 Å². The van der Waals surface area contributed by atoms with Crippen molar-refractivity contribution in [2.45, 2.75) is 13.5 Å². The summed E-state index contributed by atoms with van der Waals surface area (Å²) in [5.74, 6) is 0.858. The lowest BCUT2D eigenvalue weighted by atomic mass is 10.2. The summed E-state index contributed by atoms with van der Waals surface area (Å²) in [6.07, 6.45) is 6.91. The van der Waals surface area contributed by atoms with E-state index in [0.29, 0.717) is 13.1 Å². The van der Waals surface area contributed by atoms with E-state index in [-0.39, 0.29) is 6.03 Å². The van der Waals surface area contributed by atoms with Gasteiger partial charge in [0, 0.05) is 42.8 Å². The van der Waals surface area contributed by atoms with Crippen LogP contribution in [0.4, 0.5) is 10.5 Å². The number of urea groups is 1. The summed E-state index contributed by atoms with van der Waals surface area (Å²) in [5, 5.41) is 2.95. The van der Waals surface area contributed by atoms with E-state index >= 15 is 0 Å². The van der Waals surface area contributed by atoms with Gasteiger partial charge in [-0.2, -0.15) is 0 Å². The highest BCUT2D eigenvalue weighted by Gasteiger charge is 2.13. The highest BCUT2D eigenvalue weighted by Crippen LogP contribution is 2.21. The van der Waals surface area contributed by atoms with Crippen molar-refractivity contribution in [1.82, 2.24) is 14.5 Å². The van der Waals surface area contributed by atoms with Gasteiger partial charge in [0.05, 0.1) is 19.1 Å². The zero-order valence-electron chi connectivity index (χ0n) is 13.8. The van der Waals surface area contributed by atoms with E-state index in [9.17, 15) is 4.79 Å². The van der Waals surface area contributed by atoms with Gasteiger partial charge < -0.3 is 19.2 Å². The number of aryl methyl sites for hydroxylation is 1. The van der Waals surface area contributed by atoms with Crippen molar-refractivity contribution < 1.29 is 9.21 Å². The molecule has 3 rings (SSSR count). The lowest BCUT2D eigenvalue weighted by Crippen LogP contribution is -2.34. The van der Waals surface area contributed by atoms with Crippen LogP contribution in [0.2, 0.25) is 0 Å². The number of carbonyl (C=O) groups is 1. The highest BCUT2D eigenvalue weighted by molar-refractivity contribution is 5.90. The Morgan fingerprint density at radius 1 is 1.38 bits per heavy atom. The molecule has 6 heteroatoms. The van der Waals surface area contributed by atoms with Crippen molar-refractivity contribution in [3.8, 4) is 11.4 Å². The molecule has 0 atom stereocenters. The van der Waals surface area contributed by atoms with Crippen molar-refractivity contribution in [3.63, 3.8) is 0 Å². The first-order valence-corrected chi connectivity index (χ1v) is 7.82. The van der Waals surface area contributed by atoms with Crippen LogP contribution in [0.3, 0.4) is 0 Å². The molecular weight excluding hydrogens is 304 g/mol. The number of hydrogen-bond donors (Lipinski definition) is 1. The number of nitrogens with one attached hydrogen (secondary N) is 1. The molecule has 0 saturated heterocycles. The molecule has 0 radical (unpaired) electrons. The number of rotatable bonds is 5. The van der Waals surface area contributed by atoms with Crippen molar-refractivity contribution in [2.24, 2.45) is 7.05 Å². The standard InChI is InChI=1S/C18H20N4O2/c1-3-22(12-14-7-10-24-13-14)18(23)20-16-6-4-5-15(11-16)17-19-8-9-21(17)2/h4-11,13H,3,12H2,1-2H3,(H,20,23). The number of amides is 2. The fraction of sp³-hybridized carbons (Fsp3) is 0.222. The Bertz CT molecular complexity index is 808. The molecule has 2 aromatic heterocycles. The van der Waals surface area contributed by atoms with Crippen LogP contribution < -0.4 is 5.32 Å². The van der Waals surface area contributed by atoms with Crippen LogP contribution in [0.5, 0.6) is 0 Å². The number of hydrogen-bond acceptors (Lipinski definition) is 3. The molecular formula is C18H20N4O2. The fourth-order valence-electron chi connectivity index (χ4n) is 2.51. The predicted molar refractivity (Wildman–Crippen MR) is 92.5 cm³/mol. The third kappa shape index (κ3) is 3.48. The molecule has 0 aliphatic carbocycles. The van der Waals surface area contributed by atoms with Gasteiger partial charge in [-0.1, -0.05) is 12.1 Å². The fourth-order valence-corrected chi connectivity index (χ4v) is 2.51. The smallest absolute Gasteiger partial charge is 0.322 e. The number of imidazole rings is 1. The molecule has 0 bridgehead atoms. The number of aromatic nitrogens is 2. The number of nitrogens with zero attached hydrogens (tertiary/aromatic N) is 3. The van der Waals surface area contributed by atoms with Crippen LogP contribution in [0.1, 0.15) is 12.5 Å². The molecule has 0 unspecified atom stereocenters. The van der Waals surface area contributed by atoms with E-state index in [1.807, 2.05) is 55.1 Å². The van der Waals surface area contributed by atoms with Gasteiger partial charge in [0.15, 0.2) is 0 Å². The number of furan rings is 1. The van der Waals surface area contributed by atoms with Crippen molar-refractivity contribution >= 4 is 11.7 Å². The van der Waals surface area contributed by atoms with Gasteiger partial charge in [0.2, 0.25) is 0 Å². The summed E-state index contributed by atoms with van der Waals surface area (Å²) in [6, 6.07) is 9.39. The number of anilines is 1. The van der Waals surface area contributed by atoms with Crippen LogP contribution in [-0.2, 0) is 13.6 Å². The van der Waals surface area contributed by atoms with E-state index < -0.39 is 0 Å². The first-order chi connectivity index (χ1) is 11.7. The Balaban J connectivity index is 1.73. The van der Waals surface area contributed by atoms with Gasteiger partial charge in [0.1, 0.15) is 5.82 Å². The summed E-state index contributed by atoms with van der Waals surface area (Å²) < 4.78 is 7.00. The summed E-state index contributed by atoms with van der Waals surface area (Å²) >= 11 is 0. The van der Waals surface area contributed by atoms with Gasteiger partial charge in [-0.15, -0.1) is 0 Å². The SMILES string of the molecule is CCN(Cc1ccoc1)C(=O)Nc1cccc(-c2nccn2C)c1. The van der Waals surface area contributed by atoms with Gasteiger partial charge in [-0.25, -0.2) is 9.78 Å². The molecule has 0 aliphatic rings. The molecule has 0 saturated carbocycles. The first kappa shape index (κ1) is 15.9. The molecule has 2 amide bonds. The average molecular weight is 324 g/mol. The first-order valence-electron chi connectivity index (χ1n) is 7.82. The number of carbonyl (C=O) groups excluding carboxylic acids is 1. The third-order valence-corrected chi connectivity index (χ3v) is 3.82. The molecule has 0 aliphatic heterocycles. The minimum Gasteiger partial charge on any atom is -0.472 e. The van der Waals surface area contributed by atoms with E-state index in [4.69, 9.17) is 4.42 Å². The summed E-state index contributed by atoms with van der Waals surface area (Å²) in [5.41, 5.74) is 2.66. The average Bonchev–Trinajstić information content (AvgIpc) is 3.24. The van der Waals surface area contributed by atoms with E-state index in [1.165, 1.54) is 0 Å². The molecule has 6 nitrogen and oxygen atoms in total. The Kier molecular flexibility index (Phi) is 4.65. The van der Waals surface area contributed by atoms with Gasteiger partial charge in [-0.05, 0) is 25.1 Å². The number of benzene rings is 1. The predicted octanol–water partition coefficient (Wildman–Crippen LogP) is 3.73. The molecule has 1 N–H and O–H groups in total. The quantitative estimate of drug-likeness (QED) is 0.777. The van der Waals surface area contributed by atoms with Crippen LogP contribution in [0.25, 0.3) is 11.4 Å². The zero-order chi connectivity index (χ0) is 16.9. The van der Waals surface area contributed by atoms with Crippen LogP contribution in [-0.4, -0.2) is 27.0 Å². The van der Waals surface area contributed by atoms with Crippen LogP contribution in [0.15, 0.2) is 59.7 Å². The minimum atomic E-state index is -0.143. The van der Waals surface area contributed by atoms with Gasteiger partial charge >= 0.3 is 6.03 Å². The second-order valence-corrected chi connectivity index (χ2v) is 5.52. The normalized spacial score (nSPS) is 10.6. The van der Waals surface area contributed by atoms with Gasteiger partial charge in [-0.3, -0.25) is 0 Å². The second-order valence-electron chi connectivity index (χ2n) is 5.52. The maximum absolute atomic E-state index is 12.5. The summed E-state index contributed by atoms with van der Waals surface area (Å²) in [7, 11) is 1.94. The zero-order valence-corrected chi connectivity index (χ0v) is 13.8. The molecule has 0 spiro atoms.